The molecule has 9 saturated heterocycles. The standard InChI is InChI=1S/C68H116N4O50/c1-16-34(85)45(96)49(100)63(108-16)105-13-22(84)54(35(86)21(6-73)69-17(2)80)117-61-32(71-19(4)82)44(95)56(28(12-79)113-61)119-67-53(104)58(41(92)30(116-67)15-107-65-52(103)57(120-66-51(102)47(98)38(89)25(9-76)111-66)40(91)29(115-65)14-106-64-50(101)46(97)37(88)24(8-75)110-64)121-68-59(48(99)39(90)26(10-77)112-68)122-62-33(72-20(5)83)43(94)55(27(11-78)114-62)118-60-31(70-18(3)81)42(93)36(87)23(7-74)109-60/h16,21-68,73-79,84-104H,6-15H2,1-5H3,(H,69,80)(H,70,81)(H,71,82)(H,72,83)/t16-,21-,22+,23+,24+,25+,26+,27+,28+,29+,30+,31+,32+,33+,34+,35+,36-,37+,38+,39+,40+,41+,42+,43+,44+,45+,46-,47-,48-,49-,50-,51-,52-,53-,54+,55+,56+,57-,58-,59-,60-,61-,62-,63+,64-,65-,66+,67-,68+/m0/s1. The van der Waals surface area contributed by atoms with E-state index in [1.165, 1.54) is 6.92 Å². The maximum absolute atomic E-state index is 13.2. The van der Waals surface area contributed by atoms with E-state index >= 15 is 0 Å². The first-order chi connectivity index (χ1) is 57.6. The van der Waals surface area contributed by atoms with Gasteiger partial charge in [0.1, 0.15) is 232 Å². The van der Waals surface area contributed by atoms with Gasteiger partial charge in [-0.1, -0.05) is 0 Å². The molecule has 0 aliphatic carbocycles. The van der Waals surface area contributed by atoms with Crippen LogP contribution < -0.4 is 21.3 Å². The van der Waals surface area contributed by atoms with Crippen molar-refractivity contribution in [2.24, 2.45) is 0 Å². The van der Waals surface area contributed by atoms with Crippen LogP contribution in [0.4, 0.5) is 0 Å². The minimum atomic E-state index is -2.66. The monoisotopic (exact) mass is 1790 g/mol. The zero-order valence-electron chi connectivity index (χ0n) is 65.9. The maximum Gasteiger partial charge on any atom is 0.217 e. The van der Waals surface area contributed by atoms with Crippen molar-refractivity contribution < 1.29 is 247 Å². The first kappa shape index (κ1) is 102. The Labute approximate surface area is 691 Å². The maximum atomic E-state index is 13.2. The van der Waals surface area contributed by atoms with E-state index in [1.54, 1.807) is 0 Å². The fraction of sp³-hybridized carbons (Fsp3) is 0.941. The SMILES string of the molecule is CC(=O)N[C@H]1[C@H](O[C@@H]([C@H](O)[C@H](CO)NC(C)=O)[C@H](O)CO[C@@H]2O[C@@H](C)[C@@H](O)[C@@H](O)[C@@H]2O)O[C@H](CO)[C@@H](O[C@@H]2O[C@H](CO[C@H]3O[C@H](CO[C@H]4O[C@H](CO)[C@@H](O)[C@H](O)[C@@H]4O)[C@@H](O)[C@H](O[C@H]4O[C@H](CO)[C@@H](O)[C@H](O)[C@@H]4O)[C@@H]3O)[C@@H](O)[C@H](O[C@H]3O[C@H](CO)[C@@H](O)[C@H](O)[C@@H]3O[C@@H]3O[C@H](CO)[C@@H](O[C@@H]4O[C@H](CO)[C@H](O)[C@H](O)[C@H]4NC(C)=O)[C@H](O)[C@H]3NC(C)=O)[C@@H]2O)[C@@H]1O. The number of carbonyl (C=O) groups is 4. The highest BCUT2D eigenvalue weighted by molar-refractivity contribution is 5.74. The number of hydrogen-bond donors (Lipinski definition) is 32. The van der Waals surface area contributed by atoms with Crippen LogP contribution in [0.5, 0.6) is 0 Å². The summed E-state index contributed by atoms with van der Waals surface area (Å²) < 4.78 is 106. The molecule has 9 rings (SSSR count). The molecule has 9 fully saturated rings. The Bertz CT molecular complexity index is 3230. The van der Waals surface area contributed by atoms with E-state index in [4.69, 9.17) is 85.3 Å². The van der Waals surface area contributed by atoms with Gasteiger partial charge in [-0.2, -0.15) is 0 Å². The van der Waals surface area contributed by atoms with E-state index in [9.17, 15) is 162 Å². The summed E-state index contributed by atoms with van der Waals surface area (Å²) >= 11 is 0. The fourth-order valence-corrected chi connectivity index (χ4v) is 15.3. The van der Waals surface area contributed by atoms with Gasteiger partial charge in [0.2, 0.25) is 23.6 Å². The van der Waals surface area contributed by atoms with E-state index in [-0.39, 0.29) is 0 Å². The van der Waals surface area contributed by atoms with Crippen LogP contribution >= 0.6 is 0 Å². The minimum Gasteiger partial charge on any atom is -0.394 e. The fourth-order valence-electron chi connectivity index (χ4n) is 15.3. The third kappa shape index (κ3) is 23.2. The molecule has 0 aromatic heterocycles. The topological polar surface area (TPSA) is 849 Å². The molecule has 0 saturated carbocycles. The molecule has 49 atom stereocenters. The Kier molecular flexibility index (Phi) is 37.6. The Morgan fingerprint density at radius 2 is 0.631 bits per heavy atom. The second-order valence-electron chi connectivity index (χ2n) is 30.8. The molecule has 708 valence electrons. The first-order valence-corrected chi connectivity index (χ1v) is 38.9. The molecule has 0 bridgehead atoms. The molecule has 122 heavy (non-hydrogen) atoms. The van der Waals surface area contributed by atoms with Crippen LogP contribution in [-0.2, 0) is 104 Å². The lowest BCUT2D eigenvalue weighted by atomic mass is 9.94. The summed E-state index contributed by atoms with van der Waals surface area (Å²) in [6.07, 6.45) is -95.1. The van der Waals surface area contributed by atoms with Crippen molar-refractivity contribution in [1.82, 2.24) is 21.3 Å². The second kappa shape index (κ2) is 45.0. The first-order valence-electron chi connectivity index (χ1n) is 38.9. The molecule has 54 nitrogen and oxygen atoms in total. The number of rotatable bonds is 35. The minimum absolute atomic E-state index is 0.826. The molecule has 0 aromatic rings. The Morgan fingerprint density at radius 3 is 1.10 bits per heavy atom. The van der Waals surface area contributed by atoms with Crippen molar-refractivity contribution in [3.63, 3.8) is 0 Å². The predicted molar refractivity (Wildman–Crippen MR) is 377 cm³/mol. The van der Waals surface area contributed by atoms with Gasteiger partial charge in [0.25, 0.3) is 0 Å². The molecule has 0 unspecified atom stereocenters. The molecular formula is C68H116N4O50. The van der Waals surface area contributed by atoms with E-state index in [2.05, 4.69) is 21.3 Å². The lowest BCUT2D eigenvalue weighted by Crippen LogP contribution is -2.71. The van der Waals surface area contributed by atoms with Gasteiger partial charge in [-0.25, -0.2) is 0 Å². The van der Waals surface area contributed by atoms with Crippen molar-refractivity contribution in [1.29, 1.82) is 0 Å². The Hall–Kier alpha value is -3.96. The Balaban J connectivity index is 1.07. The predicted octanol–water partition coefficient (Wildman–Crippen LogP) is -21.6. The number of aliphatic hydroxyl groups is 28. The largest absolute Gasteiger partial charge is 0.394 e. The summed E-state index contributed by atoms with van der Waals surface area (Å²) in [7, 11) is 0. The van der Waals surface area contributed by atoms with E-state index < -0.39 is 390 Å². The van der Waals surface area contributed by atoms with Gasteiger partial charge in [0, 0.05) is 27.7 Å². The highest BCUT2D eigenvalue weighted by atomic mass is 16.8. The normalized spacial score (nSPS) is 47.0. The van der Waals surface area contributed by atoms with Gasteiger partial charge < -0.3 is 250 Å². The van der Waals surface area contributed by atoms with Crippen LogP contribution in [0.1, 0.15) is 34.6 Å². The molecule has 54 heteroatoms. The van der Waals surface area contributed by atoms with E-state index in [0.29, 0.717) is 0 Å². The third-order valence-electron chi connectivity index (χ3n) is 22.1. The number of carbonyl (C=O) groups excluding carboxylic acids is 4. The third-order valence-corrected chi connectivity index (χ3v) is 22.1. The number of hydrogen-bond acceptors (Lipinski definition) is 50. The smallest absolute Gasteiger partial charge is 0.217 e. The van der Waals surface area contributed by atoms with Gasteiger partial charge in [-0.3, -0.25) is 19.2 Å². The van der Waals surface area contributed by atoms with Crippen LogP contribution in [0.15, 0.2) is 0 Å². The molecule has 0 spiro atoms. The van der Waals surface area contributed by atoms with Crippen molar-refractivity contribution in [3.05, 3.63) is 0 Å². The average Bonchev–Trinajstić information content (AvgIpc) is 0.763. The average molecular weight is 1790 g/mol. The van der Waals surface area contributed by atoms with E-state index in [1.807, 2.05) is 0 Å². The van der Waals surface area contributed by atoms with Gasteiger partial charge in [0.05, 0.1) is 78.2 Å². The molecular weight excluding hydrogens is 1670 g/mol. The number of nitrogens with one attached hydrogen (secondary N) is 4. The summed E-state index contributed by atoms with van der Waals surface area (Å²) in [6, 6.07) is -7.54. The summed E-state index contributed by atoms with van der Waals surface area (Å²) in [5, 5.41) is 321. The van der Waals surface area contributed by atoms with Crippen molar-refractivity contribution in [3.8, 4) is 0 Å². The lowest BCUT2D eigenvalue weighted by Gasteiger charge is -2.51. The van der Waals surface area contributed by atoms with E-state index in [0.717, 1.165) is 27.7 Å². The summed E-state index contributed by atoms with van der Waals surface area (Å²) in [5.74, 6) is -3.72. The summed E-state index contributed by atoms with van der Waals surface area (Å²) in [6.45, 7) is -6.10. The molecule has 9 heterocycles. The van der Waals surface area contributed by atoms with Crippen LogP contribution in [0, 0.1) is 0 Å². The van der Waals surface area contributed by atoms with Crippen molar-refractivity contribution in [2.75, 3.05) is 66.1 Å². The number of ether oxygens (including phenoxy) is 18. The highest BCUT2D eigenvalue weighted by Gasteiger charge is 2.61. The quantitative estimate of drug-likeness (QED) is 0.0280. The van der Waals surface area contributed by atoms with Crippen LogP contribution in [0.2, 0.25) is 0 Å². The summed E-state index contributed by atoms with van der Waals surface area (Å²) in [5.41, 5.74) is 0. The molecule has 0 radical (unpaired) electrons. The van der Waals surface area contributed by atoms with Gasteiger partial charge in [-0.15, -0.1) is 0 Å². The van der Waals surface area contributed by atoms with Gasteiger partial charge >= 0.3 is 0 Å². The van der Waals surface area contributed by atoms with Crippen LogP contribution in [0.25, 0.3) is 0 Å². The van der Waals surface area contributed by atoms with Crippen molar-refractivity contribution in [2.45, 2.75) is 335 Å². The molecule has 0 aromatic carbocycles. The molecule has 9 aliphatic rings. The molecule has 4 amide bonds. The molecule has 32 N–H and O–H groups in total. The van der Waals surface area contributed by atoms with Crippen molar-refractivity contribution >= 4 is 23.6 Å². The lowest BCUT2D eigenvalue weighted by molar-refractivity contribution is -0.397. The zero-order chi connectivity index (χ0) is 90.2. The second-order valence-corrected chi connectivity index (χ2v) is 30.8. The molecule has 9 aliphatic heterocycles. The number of amides is 4. The summed E-state index contributed by atoms with van der Waals surface area (Å²) in [4.78, 5) is 51.1. The number of aliphatic hydroxyl groups excluding tert-OH is 28. The van der Waals surface area contributed by atoms with Gasteiger partial charge in [0.15, 0.2) is 56.6 Å². The van der Waals surface area contributed by atoms with Crippen LogP contribution in [-0.4, -0.2) is 533 Å². The highest BCUT2D eigenvalue weighted by Crippen LogP contribution is 2.40. The van der Waals surface area contributed by atoms with Crippen LogP contribution in [0.3, 0.4) is 0 Å². The zero-order valence-corrected chi connectivity index (χ0v) is 65.9. The Morgan fingerprint density at radius 1 is 0.303 bits per heavy atom. The van der Waals surface area contributed by atoms with Gasteiger partial charge in [-0.05, 0) is 6.92 Å².